The van der Waals surface area contributed by atoms with Crippen LogP contribution in [0.4, 0.5) is 0 Å². The smallest absolute Gasteiger partial charge is 0.236 e. The zero-order valence-electron chi connectivity index (χ0n) is 13.5. The summed E-state index contributed by atoms with van der Waals surface area (Å²) in [4.78, 5) is 12.0. The maximum atomic E-state index is 12.0. The van der Waals surface area contributed by atoms with E-state index in [-0.39, 0.29) is 11.9 Å². The predicted octanol–water partition coefficient (Wildman–Crippen LogP) is 2.95. The van der Waals surface area contributed by atoms with Gasteiger partial charge in [0.1, 0.15) is 0 Å². The van der Waals surface area contributed by atoms with Crippen LogP contribution in [0.5, 0.6) is 0 Å². The van der Waals surface area contributed by atoms with Gasteiger partial charge >= 0.3 is 0 Å². The van der Waals surface area contributed by atoms with Gasteiger partial charge in [-0.15, -0.1) is 0 Å². The van der Waals surface area contributed by atoms with Gasteiger partial charge in [-0.3, -0.25) is 4.79 Å². The molecule has 1 aliphatic carbocycles. The van der Waals surface area contributed by atoms with Crippen molar-refractivity contribution in [3.8, 4) is 0 Å². The Morgan fingerprint density at radius 3 is 2.47 bits per heavy atom. The van der Waals surface area contributed by atoms with E-state index >= 15 is 0 Å². The zero-order valence-corrected chi connectivity index (χ0v) is 13.5. The van der Waals surface area contributed by atoms with Crippen LogP contribution < -0.4 is 10.6 Å². The summed E-state index contributed by atoms with van der Waals surface area (Å²) in [5.74, 6) is 1.30. The molecule has 0 aromatic carbocycles. The Balaban J connectivity index is 2.61. The lowest BCUT2D eigenvalue weighted by Gasteiger charge is -2.41. The Hall–Kier alpha value is -0.570. The number of hydrogen-bond donors (Lipinski definition) is 2. The molecule has 1 aliphatic rings. The van der Waals surface area contributed by atoms with E-state index in [0.29, 0.717) is 23.3 Å². The van der Waals surface area contributed by atoms with Crippen LogP contribution in [-0.2, 0) is 4.79 Å². The number of carbonyl (C=O) groups excluding carboxylic acids is 1. The Labute approximate surface area is 118 Å². The number of amides is 1. The molecule has 19 heavy (non-hydrogen) atoms. The van der Waals surface area contributed by atoms with Gasteiger partial charge in [-0.2, -0.15) is 0 Å². The van der Waals surface area contributed by atoms with Crippen molar-refractivity contribution >= 4 is 5.91 Å². The van der Waals surface area contributed by atoms with E-state index in [2.05, 4.69) is 45.3 Å². The third-order valence-corrected chi connectivity index (χ3v) is 4.38. The fourth-order valence-corrected chi connectivity index (χ4v) is 3.35. The summed E-state index contributed by atoms with van der Waals surface area (Å²) < 4.78 is 0. The van der Waals surface area contributed by atoms with E-state index < -0.39 is 0 Å². The van der Waals surface area contributed by atoms with Crippen molar-refractivity contribution < 1.29 is 4.79 Å². The van der Waals surface area contributed by atoms with Gasteiger partial charge in [0.25, 0.3) is 0 Å². The summed E-state index contributed by atoms with van der Waals surface area (Å²) in [5, 5.41) is 6.40. The van der Waals surface area contributed by atoms with Gasteiger partial charge in [0, 0.05) is 13.1 Å². The second-order valence-electron chi connectivity index (χ2n) is 7.45. The van der Waals surface area contributed by atoms with E-state index in [1.165, 1.54) is 19.3 Å². The van der Waals surface area contributed by atoms with Gasteiger partial charge in [-0.1, -0.05) is 34.6 Å². The van der Waals surface area contributed by atoms with E-state index in [4.69, 9.17) is 0 Å². The molecular weight excluding hydrogens is 236 g/mol. The predicted molar refractivity (Wildman–Crippen MR) is 81.0 cm³/mol. The minimum absolute atomic E-state index is 0.0429. The fourth-order valence-electron chi connectivity index (χ4n) is 3.35. The summed E-state index contributed by atoms with van der Waals surface area (Å²) in [5.41, 5.74) is 0.457. The Morgan fingerprint density at radius 1 is 1.37 bits per heavy atom. The zero-order chi connectivity index (χ0) is 14.6. The van der Waals surface area contributed by atoms with E-state index in [0.717, 1.165) is 6.42 Å². The van der Waals surface area contributed by atoms with Crippen LogP contribution in [0.25, 0.3) is 0 Å². The average Bonchev–Trinajstić information content (AvgIpc) is 2.29. The first-order chi connectivity index (χ1) is 8.75. The molecule has 0 aromatic heterocycles. The summed E-state index contributed by atoms with van der Waals surface area (Å²) >= 11 is 0. The molecule has 0 aliphatic heterocycles. The quantitative estimate of drug-likeness (QED) is 0.805. The van der Waals surface area contributed by atoms with Gasteiger partial charge in [-0.25, -0.2) is 0 Å². The molecule has 0 bridgehead atoms. The lowest BCUT2D eigenvalue weighted by atomic mass is 9.70. The standard InChI is InChI=1S/C16H32N2O/c1-11(2)9-14(15(19)17-6)18-13-7-8-16(4,5)10-12(13)3/h11-14,18H,7-10H2,1-6H3,(H,17,19). The number of nitrogens with one attached hydrogen (secondary N) is 2. The molecule has 2 N–H and O–H groups in total. The van der Waals surface area contributed by atoms with Crippen LogP contribution in [0.3, 0.4) is 0 Å². The van der Waals surface area contributed by atoms with Crippen molar-refractivity contribution in [2.24, 2.45) is 17.3 Å². The largest absolute Gasteiger partial charge is 0.358 e. The second-order valence-corrected chi connectivity index (χ2v) is 7.45. The molecule has 1 saturated carbocycles. The second kappa shape index (κ2) is 6.74. The summed E-state index contributed by atoms with van der Waals surface area (Å²) in [6, 6.07) is 0.438. The summed E-state index contributed by atoms with van der Waals surface area (Å²) in [7, 11) is 1.73. The third-order valence-electron chi connectivity index (χ3n) is 4.38. The SMILES string of the molecule is CNC(=O)C(CC(C)C)NC1CCC(C)(C)CC1C. The molecule has 1 rings (SSSR count). The minimum atomic E-state index is -0.0429. The fraction of sp³-hybridized carbons (Fsp3) is 0.938. The Morgan fingerprint density at radius 2 is 2.00 bits per heavy atom. The molecule has 0 heterocycles. The van der Waals surface area contributed by atoms with Gasteiger partial charge in [0.15, 0.2) is 0 Å². The van der Waals surface area contributed by atoms with E-state index in [1.54, 1.807) is 7.05 Å². The topological polar surface area (TPSA) is 41.1 Å². The van der Waals surface area contributed by atoms with Crippen molar-refractivity contribution in [2.75, 3.05) is 7.05 Å². The monoisotopic (exact) mass is 268 g/mol. The Kier molecular flexibility index (Phi) is 5.84. The highest BCUT2D eigenvalue weighted by molar-refractivity contribution is 5.81. The highest BCUT2D eigenvalue weighted by atomic mass is 16.2. The van der Waals surface area contributed by atoms with Gasteiger partial charge in [0.2, 0.25) is 5.91 Å². The molecule has 1 amide bonds. The number of hydrogen-bond acceptors (Lipinski definition) is 2. The first-order valence-electron chi connectivity index (χ1n) is 7.73. The van der Waals surface area contributed by atoms with E-state index in [9.17, 15) is 4.79 Å². The van der Waals surface area contributed by atoms with Gasteiger partial charge < -0.3 is 10.6 Å². The average molecular weight is 268 g/mol. The molecule has 0 spiro atoms. The van der Waals surface area contributed by atoms with Crippen molar-refractivity contribution in [3.63, 3.8) is 0 Å². The van der Waals surface area contributed by atoms with Crippen molar-refractivity contribution in [2.45, 2.75) is 72.4 Å². The Bertz CT molecular complexity index is 299. The molecule has 0 aromatic rings. The molecule has 0 radical (unpaired) electrons. The first-order valence-corrected chi connectivity index (χ1v) is 7.73. The first kappa shape index (κ1) is 16.5. The molecular formula is C16H32N2O. The number of likely N-dealkylation sites (N-methyl/N-ethyl adjacent to an activating group) is 1. The van der Waals surface area contributed by atoms with E-state index in [1.807, 2.05) is 0 Å². The molecule has 3 heteroatoms. The normalized spacial score (nSPS) is 28.2. The molecule has 3 nitrogen and oxygen atoms in total. The third kappa shape index (κ3) is 5.13. The van der Waals surface area contributed by atoms with Crippen LogP contribution in [0.2, 0.25) is 0 Å². The van der Waals surface area contributed by atoms with Gasteiger partial charge in [0.05, 0.1) is 6.04 Å². The number of carbonyl (C=O) groups is 1. The van der Waals surface area contributed by atoms with Gasteiger partial charge in [-0.05, 0) is 42.9 Å². The minimum Gasteiger partial charge on any atom is -0.358 e. The molecule has 1 fully saturated rings. The molecule has 0 saturated heterocycles. The maximum absolute atomic E-state index is 12.0. The summed E-state index contributed by atoms with van der Waals surface area (Å²) in [6.07, 6.45) is 4.58. The highest BCUT2D eigenvalue weighted by Gasteiger charge is 2.34. The van der Waals surface area contributed by atoms with Crippen molar-refractivity contribution in [1.29, 1.82) is 0 Å². The van der Waals surface area contributed by atoms with Crippen LogP contribution in [0.1, 0.15) is 60.3 Å². The van der Waals surface area contributed by atoms with Crippen LogP contribution in [0.15, 0.2) is 0 Å². The maximum Gasteiger partial charge on any atom is 0.236 e. The highest BCUT2D eigenvalue weighted by Crippen LogP contribution is 2.38. The van der Waals surface area contributed by atoms with Crippen molar-refractivity contribution in [1.82, 2.24) is 10.6 Å². The molecule has 3 atom stereocenters. The lowest BCUT2D eigenvalue weighted by molar-refractivity contribution is -0.123. The molecule has 3 unspecified atom stereocenters. The van der Waals surface area contributed by atoms with Crippen LogP contribution in [-0.4, -0.2) is 25.0 Å². The lowest BCUT2D eigenvalue weighted by Crippen LogP contribution is -2.52. The van der Waals surface area contributed by atoms with Crippen LogP contribution in [0, 0.1) is 17.3 Å². The molecule has 112 valence electrons. The van der Waals surface area contributed by atoms with Crippen LogP contribution >= 0.6 is 0 Å². The summed E-state index contributed by atoms with van der Waals surface area (Å²) in [6.45, 7) is 11.4. The number of rotatable bonds is 5. The van der Waals surface area contributed by atoms with Crippen molar-refractivity contribution in [3.05, 3.63) is 0 Å².